The SMILES string of the molecule is CCCOC1CC(C2Cc3ccccc3C3=C2C=CCC3)=NC(C2C(O)=CC(O)=CC2O)=N1. The molecular formula is C27H30N2O4. The van der Waals surface area contributed by atoms with Gasteiger partial charge in [0, 0.05) is 30.7 Å². The van der Waals surface area contributed by atoms with Gasteiger partial charge in [0.15, 0.2) is 6.23 Å². The molecule has 0 saturated carbocycles. The van der Waals surface area contributed by atoms with Gasteiger partial charge in [-0.2, -0.15) is 0 Å². The molecular weight excluding hydrogens is 416 g/mol. The minimum absolute atomic E-state index is 0.0977. The van der Waals surface area contributed by atoms with Crippen molar-refractivity contribution in [1.29, 1.82) is 0 Å². The fourth-order valence-corrected chi connectivity index (χ4v) is 5.25. The number of allylic oxidation sites excluding steroid dienone is 5. The number of fused-ring (bicyclic) bond motifs is 2. The van der Waals surface area contributed by atoms with Gasteiger partial charge in [-0.1, -0.05) is 43.3 Å². The van der Waals surface area contributed by atoms with Crippen LogP contribution in [0.4, 0.5) is 0 Å². The Hall–Kier alpha value is -2.96. The van der Waals surface area contributed by atoms with Crippen LogP contribution in [0.5, 0.6) is 0 Å². The molecule has 0 saturated heterocycles. The van der Waals surface area contributed by atoms with Gasteiger partial charge in [-0.15, -0.1) is 0 Å². The van der Waals surface area contributed by atoms with E-state index >= 15 is 0 Å². The van der Waals surface area contributed by atoms with Crippen LogP contribution < -0.4 is 0 Å². The second-order valence-electron chi connectivity index (χ2n) is 9.04. The van der Waals surface area contributed by atoms with Crippen molar-refractivity contribution >= 4 is 17.1 Å². The van der Waals surface area contributed by atoms with Gasteiger partial charge < -0.3 is 20.1 Å². The molecule has 33 heavy (non-hydrogen) atoms. The lowest BCUT2D eigenvalue weighted by molar-refractivity contribution is 0.0623. The fraction of sp³-hybridized carbons (Fsp3) is 0.407. The standard InChI is InChI=1S/C27H30N2O4/c1-2-11-33-25-15-22(28-27(29-25)26-23(31)13-17(30)14-24(26)32)21-12-16-7-3-4-8-18(16)19-9-5-6-10-20(19)21/h3-4,6-8,10,13-14,21,23,25-26,30-32H,2,5,9,11-12,15H2,1H3. The third-order valence-electron chi connectivity index (χ3n) is 6.76. The molecule has 0 aromatic heterocycles. The molecule has 172 valence electrons. The quantitative estimate of drug-likeness (QED) is 0.604. The first kappa shape index (κ1) is 21.9. The van der Waals surface area contributed by atoms with E-state index in [1.165, 1.54) is 34.4 Å². The summed E-state index contributed by atoms with van der Waals surface area (Å²) in [5.74, 6) is -0.688. The van der Waals surface area contributed by atoms with Crippen LogP contribution in [0.15, 0.2) is 75.6 Å². The first-order chi connectivity index (χ1) is 16.0. The number of hydrogen-bond acceptors (Lipinski definition) is 6. The third kappa shape index (κ3) is 4.21. The van der Waals surface area contributed by atoms with Crippen LogP contribution >= 0.6 is 0 Å². The van der Waals surface area contributed by atoms with Crippen molar-refractivity contribution in [2.75, 3.05) is 6.61 Å². The van der Waals surface area contributed by atoms with Gasteiger partial charge in [-0.3, -0.25) is 0 Å². The van der Waals surface area contributed by atoms with Crippen LogP contribution in [0.1, 0.15) is 43.7 Å². The zero-order valence-electron chi connectivity index (χ0n) is 18.8. The van der Waals surface area contributed by atoms with Crippen molar-refractivity contribution in [3.05, 3.63) is 76.8 Å². The number of aliphatic hydroxyl groups excluding tert-OH is 3. The molecule has 0 amide bonds. The topological polar surface area (TPSA) is 94.6 Å². The minimum Gasteiger partial charge on any atom is -0.511 e. The maximum absolute atomic E-state index is 10.6. The van der Waals surface area contributed by atoms with Crippen molar-refractivity contribution in [1.82, 2.24) is 0 Å². The van der Waals surface area contributed by atoms with E-state index in [4.69, 9.17) is 9.73 Å². The number of rotatable bonds is 5. The monoisotopic (exact) mass is 446 g/mol. The Bertz CT molecular complexity index is 1120. The number of hydrogen-bond donors (Lipinski definition) is 3. The summed E-state index contributed by atoms with van der Waals surface area (Å²) in [5, 5.41) is 30.9. The Balaban J connectivity index is 1.55. The normalized spacial score (nSPS) is 28.9. The van der Waals surface area contributed by atoms with Crippen molar-refractivity contribution in [3.8, 4) is 0 Å². The lowest BCUT2D eigenvalue weighted by Gasteiger charge is -2.35. The maximum Gasteiger partial charge on any atom is 0.155 e. The summed E-state index contributed by atoms with van der Waals surface area (Å²) in [6.45, 7) is 2.63. The molecule has 0 bridgehead atoms. The summed E-state index contributed by atoms with van der Waals surface area (Å²) in [6, 6.07) is 8.59. The summed E-state index contributed by atoms with van der Waals surface area (Å²) < 4.78 is 6.02. The molecule has 1 aromatic carbocycles. The highest BCUT2D eigenvalue weighted by Gasteiger charge is 2.37. The summed E-state index contributed by atoms with van der Waals surface area (Å²) in [5.41, 5.74) is 6.31. The van der Waals surface area contributed by atoms with E-state index in [-0.39, 0.29) is 17.4 Å². The Labute approximate surface area is 194 Å². The highest BCUT2D eigenvalue weighted by Crippen LogP contribution is 2.42. The highest BCUT2D eigenvalue weighted by atomic mass is 16.5. The zero-order valence-corrected chi connectivity index (χ0v) is 18.8. The Morgan fingerprint density at radius 1 is 1.15 bits per heavy atom. The van der Waals surface area contributed by atoms with Gasteiger partial charge >= 0.3 is 0 Å². The van der Waals surface area contributed by atoms with Crippen LogP contribution in [0.25, 0.3) is 5.57 Å². The predicted octanol–water partition coefficient (Wildman–Crippen LogP) is 4.83. The number of aliphatic imine (C=N–C) groups is 2. The summed E-state index contributed by atoms with van der Waals surface area (Å²) in [4.78, 5) is 9.59. The average molecular weight is 447 g/mol. The molecule has 1 aromatic rings. The minimum atomic E-state index is -1.11. The number of ether oxygens (including phenoxy) is 1. The number of nitrogens with zero attached hydrogens (tertiary/aromatic N) is 2. The molecule has 6 heteroatoms. The Morgan fingerprint density at radius 2 is 2.00 bits per heavy atom. The van der Waals surface area contributed by atoms with E-state index in [1.54, 1.807) is 0 Å². The van der Waals surface area contributed by atoms with Crippen molar-refractivity contribution in [2.45, 2.75) is 51.4 Å². The molecule has 3 N–H and O–H groups in total. The van der Waals surface area contributed by atoms with E-state index < -0.39 is 18.2 Å². The largest absolute Gasteiger partial charge is 0.511 e. The maximum atomic E-state index is 10.6. The van der Waals surface area contributed by atoms with Crippen LogP contribution in [-0.4, -0.2) is 45.8 Å². The van der Waals surface area contributed by atoms with Gasteiger partial charge in [0.25, 0.3) is 0 Å². The zero-order chi connectivity index (χ0) is 22.9. The number of benzene rings is 1. The first-order valence-corrected chi connectivity index (χ1v) is 11.8. The summed E-state index contributed by atoms with van der Waals surface area (Å²) in [6.07, 6.45) is 9.84. The molecule has 4 atom stereocenters. The lowest BCUT2D eigenvalue weighted by atomic mass is 9.73. The predicted molar refractivity (Wildman–Crippen MR) is 129 cm³/mol. The Kier molecular flexibility index (Phi) is 6.04. The summed E-state index contributed by atoms with van der Waals surface area (Å²) >= 11 is 0. The van der Waals surface area contributed by atoms with Gasteiger partial charge in [0.2, 0.25) is 0 Å². The van der Waals surface area contributed by atoms with E-state index in [0.29, 0.717) is 18.9 Å². The van der Waals surface area contributed by atoms with Crippen LogP contribution in [0.3, 0.4) is 0 Å². The average Bonchev–Trinajstić information content (AvgIpc) is 2.81. The van der Waals surface area contributed by atoms with Gasteiger partial charge in [0.05, 0.1) is 6.10 Å². The molecule has 6 nitrogen and oxygen atoms in total. The van der Waals surface area contributed by atoms with E-state index in [2.05, 4.69) is 48.3 Å². The fourth-order valence-electron chi connectivity index (χ4n) is 5.25. The van der Waals surface area contributed by atoms with Gasteiger partial charge in [-0.25, -0.2) is 9.98 Å². The third-order valence-corrected chi connectivity index (χ3v) is 6.76. The van der Waals surface area contributed by atoms with Crippen molar-refractivity contribution < 1.29 is 20.1 Å². The molecule has 0 spiro atoms. The molecule has 4 aliphatic rings. The van der Waals surface area contributed by atoms with Crippen LogP contribution in [0.2, 0.25) is 0 Å². The molecule has 1 heterocycles. The van der Waals surface area contributed by atoms with E-state index in [0.717, 1.165) is 31.4 Å². The van der Waals surface area contributed by atoms with E-state index in [9.17, 15) is 15.3 Å². The molecule has 1 aliphatic heterocycles. The second-order valence-corrected chi connectivity index (χ2v) is 9.04. The highest BCUT2D eigenvalue weighted by molar-refractivity contribution is 6.05. The lowest BCUT2D eigenvalue weighted by Crippen LogP contribution is -2.37. The number of aliphatic hydroxyl groups is 3. The molecule has 5 rings (SSSR count). The molecule has 4 unspecified atom stereocenters. The van der Waals surface area contributed by atoms with Crippen molar-refractivity contribution in [2.24, 2.45) is 21.8 Å². The van der Waals surface area contributed by atoms with Crippen molar-refractivity contribution in [3.63, 3.8) is 0 Å². The van der Waals surface area contributed by atoms with Gasteiger partial charge in [0.1, 0.15) is 23.3 Å². The van der Waals surface area contributed by atoms with Crippen LogP contribution in [-0.2, 0) is 11.2 Å². The molecule has 3 aliphatic carbocycles. The Morgan fingerprint density at radius 3 is 2.82 bits per heavy atom. The smallest absolute Gasteiger partial charge is 0.155 e. The first-order valence-electron chi connectivity index (χ1n) is 11.8. The molecule has 0 fully saturated rings. The number of amidine groups is 1. The van der Waals surface area contributed by atoms with E-state index in [1.807, 2.05) is 0 Å². The second kappa shape index (κ2) is 9.12. The van der Waals surface area contributed by atoms with Crippen LogP contribution in [0, 0.1) is 11.8 Å². The summed E-state index contributed by atoms with van der Waals surface area (Å²) in [7, 11) is 0. The molecule has 0 radical (unpaired) electrons. The van der Waals surface area contributed by atoms with Gasteiger partial charge in [-0.05, 0) is 54.0 Å².